The Morgan fingerprint density at radius 1 is 1.00 bits per heavy atom. The predicted molar refractivity (Wildman–Crippen MR) is 115 cm³/mol. The molecule has 2 rings (SSSR count). The van der Waals surface area contributed by atoms with E-state index in [9.17, 15) is 0 Å². The molecular formula is C19H28IN3O2. The maximum Gasteiger partial charge on any atom is 0.191 e. The van der Waals surface area contributed by atoms with Gasteiger partial charge in [0, 0.05) is 32.2 Å². The van der Waals surface area contributed by atoms with Gasteiger partial charge in [0.1, 0.15) is 12.4 Å². The number of nitrogens with one attached hydrogen (secondary N) is 2. The number of aliphatic imine (C=N–C) groups is 1. The zero-order chi connectivity index (χ0) is 17.0. The van der Waals surface area contributed by atoms with Crippen molar-refractivity contribution in [2.24, 2.45) is 4.99 Å². The van der Waals surface area contributed by atoms with Crippen molar-refractivity contribution in [2.45, 2.75) is 13.3 Å². The van der Waals surface area contributed by atoms with Crippen LogP contribution in [0.1, 0.15) is 13.3 Å². The van der Waals surface area contributed by atoms with Crippen LogP contribution >= 0.6 is 24.0 Å². The number of hydrogen-bond acceptors (Lipinski definition) is 3. The zero-order valence-corrected chi connectivity index (χ0v) is 17.3. The molecule has 0 saturated heterocycles. The Morgan fingerprint density at radius 3 is 2.56 bits per heavy atom. The Balaban J connectivity index is 0.00000312. The number of hydrogen-bond donors (Lipinski definition) is 2. The van der Waals surface area contributed by atoms with Crippen molar-refractivity contribution < 1.29 is 9.47 Å². The number of ether oxygens (including phenoxy) is 2. The van der Waals surface area contributed by atoms with Gasteiger partial charge in [0.05, 0.1) is 6.54 Å². The summed E-state index contributed by atoms with van der Waals surface area (Å²) in [5.74, 6) is 1.70. The zero-order valence-electron chi connectivity index (χ0n) is 15.0. The van der Waals surface area contributed by atoms with E-state index < -0.39 is 0 Å². The lowest BCUT2D eigenvalue weighted by Crippen LogP contribution is -2.39. The fourth-order valence-electron chi connectivity index (χ4n) is 2.40. The smallest absolute Gasteiger partial charge is 0.191 e. The molecule has 0 aliphatic carbocycles. The summed E-state index contributed by atoms with van der Waals surface area (Å²) in [7, 11) is 1.77. The first-order valence-corrected chi connectivity index (χ1v) is 8.48. The summed E-state index contributed by atoms with van der Waals surface area (Å²) in [6.07, 6.45) is 0.959. The van der Waals surface area contributed by atoms with Crippen molar-refractivity contribution in [2.75, 3.05) is 40.0 Å². The quantitative estimate of drug-likeness (QED) is 0.262. The minimum Gasteiger partial charge on any atom is -0.491 e. The molecule has 0 atom stereocenters. The van der Waals surface area contributed by atoms with Gasteiger partial charge in [-0.1, -0.05) is 36.4 Å². The predicted octanol–water partition coefficient (Wildman–Crippen LogP) is 3.43. The molecule has 0 bridgehead atoms. The highest BCUT2D eigenvalue weighted by Crippen LogP contribution is 2.24. The van der Waals surface area contributed by atoms with Gasteiger partial charge in [-0.25, -0.2) is 0 Å². The number of rotatable bonds is 9. The lowest BCUT2D eigenvalue weighted by Gasteiger charge is -2.13. The Kier molecular flexibility index (Phi) is 11.0. The Labute approximate surface area is 167 Å². The monoisotopic (exact) mass is 457 g/mol. The van der Waals surface area contributed by atoms with Gasteiger partial charge < -0.3 is 20.1 Å². The molecule has 0 spiro atoms. The fourth-order valence-corrected chi connectivity index (χ4v) is 2.40. The van der Waals surface area contributed by atoms with E-state index in [1.165, 1.54) is 5.39 Å². The number of halogens is 1. The van der Waals surface area contributed by atoms with Crippen LogP contribution in [0.5, 0.6) is 5.75 Å². The van der Waals surface area contributed by atoms with Gasteiger partial charge in [0.2, 0.25) is 0 Å². The highest BCUT2D eigenvalue weighted by atomic mass is 127. The summed E-state index contributed by atoms with van der Waals surface area (Å²) >= 11 is 0. The molecule has 0 radical (unpaired) electrons. The molecule has 2 aromatic rings. The SMILES string of the molecule is CCOCCCNC(=NC)NCCOc1cccc2ccccc12.I. The third-order valence-electron chi connectivity index (χ3n) is 3.59. The van der Waals surface area contributed by atoms with Gasteiger partial charge in [0.15, 0.2) is 5.96 Å². The minimum absolute atomic E-state index is 0. The third kappa shape index (κ3) is 7.48. The fraction of sp³-hybridized carbons (Fsp3) is 0.421. The standard InChI is InChI=1S/C19H27N3O2.HI/c1-3-23-14-7-12-21-19(20-2)22-13-15-24-18-11-6-9-16-8-4-5-10-17(16)18;/h4-6,8-11H,3,7,12-15H2,1-2H3,(H2,20,21,22);1H. The van der Waals surface area contributed by atoms with Gasteiger partial charge in [-0.15, -0.1) is 24.0 Å². The molecule has 0 aromatic heterocycles. The van der Waals surface area contributed by atoms with Crippen LogP contribution in [-0.2, 0) is 4.74 Å². The molecular weight excluding hydrogens is 429 g/mol. The van der Waals surface area contributed by atoms with Crippen molar-refractivity contribution in [1.82, 2.24) is 10.6 Å². The first-order chi connectivity index (χ1) is 11.8. The topological polar surface area (TPSA) is 54.9 Å². The summed E-state index contributed by atoms with van der Waals surface area (Å²) in [6.45, 7) is 5.64. The van der Waals surface area contributed by atoms with Crippen LogP contribution in [0.2, 0.25) is 0 Å². The van der Waals surface area contributed by atoms with E-state index >= 15 is 0 Å². The maximum atomic E-state index is 5.91. The number of benzene rings is 2. The molecule has 25 heavy (non-hydrogen) atoms. The Morgan fingerprint density at radius 2 is 1.76 bits per heavy atom. The van der Waals surface area contributed by atoms with Gasteiger partial charge in [-0.2, -0.15) is 0 Å². The average molecular weight is 457 g/mol. The molecule has 0 fully saturated rings. The van der Waals surface area contributed by atoms with Gasteiger partial charge >= 0.3 is 0 Å². The first-order valence-electron chi connectivity index (χ1n) is 8.48. The summed E-state index contributed by atoms with van der Waals surface area (Å²) in [6, 6.07) is 14.4. The Bertz CT molecular complexity index is 644. The van der Waals surface area contributed by atoms with Crippen molar-refractivity contribution in [1.29, 1.82) is 0 Å². The van der Waals surface area contributed by atoms with Crippen LogP contribution in [0, 0.1) is 0 Å². The van der Waals surface area contributed by atoms with E-state index in [1.807, 2.05) is 31.2 Å². The average Bonchev–Trinajstić information content (AvgIpc) is 2.63. The molecule has 5 nitrogen and oxygen atoms in total. The van der Waals surface area contributed by atoms with E-state index in [0.717, 1.165) is 43.3 Å². The highest BCUT2D eigenvalue weighted by Gasteiger charge is 2.01. The molecule has 0 saturated carbocycles. The van der Waals surface area contributed by atoms with Gasteiger partial charge in [-0.05, 0) is 24.8 Å². The van der Waals surface area contributed by atoms with Gasteiger partial charge in [-0.3, -0.25) is 4.99 Å². The van der Waals surface area contributed by atoms with Crippen molar-refractivity contribution in [3.05, 3.63) is 42.5 Å². The molecule has 0 aliphatic heterocycles. The van der Waals surface area contributed by atoms with Crippen LogP contribution in [-0.4, -0.2) is 45.9 Å². The molecule has 138 valence electrons. The molecule has 0 aliphatic rings. The van der Waals surface area contributed by atoms with Crippen LogP contribution in [0.4, 0.5) is 0 Å². The molecule has 2 N–H and O–H groups in total. The summed E-state index contributed by atoms with van der Waals surface area (Å²) in [4.78, 5) is 4.20. The third-order valence-corrected chi connectivity index (χ3v) is 3.59. The second-order valence-electron chi connectivity index (χ2n) is 5.30. The molecule has 0 unspecified atom stereocenters. The van der Waals surface area contributed by atoms with E-state index in [2.05, 4.69) is 33.8 Å². The van der Waals surface area contributed by atoms with Crippen molar-refractivity contribution in [3.8, 4) is 5.75 Å². The normalized spacial score (nSPS) is 11.0. The van der Waals surface area contributed by atoms with E-state index in [-0.39, 0.29) is 24.0 Å². The summed E-state index contributed by atoms with van der Waals surface area (Å²) in [5.41, 5.74) is 0. The lowest BCUT2D eigenvalue weighted by atomic mass is 10.1. The molecule has 2 aromatic carbocycles. The first kappa shape index (κ1) is 21.5. The van der Waals surface area contributed by atoms with Crippen LogP contribution in [0.3, 0.4) is 0 Å². The maximum absolute atomic E-state index is 5.91. The van der Waals surface area contributed by atoms with Gasteiger partial charge in [0.25, 0.3) is 0 Å². The van der Waals surface area contributed by atoms with Crippen LogP contribution in [0.25, 0.3) is 10.8 Å². The van der Waals surface area contributed by atoms with E-state index in [4.69, 9.17) is 9.47 Å². The highest BCUT2D eigenvalue weighted by molar-refractivity contribution is 14.0. The number of guanidine groups is 1. The van der Waals surface area contributed by atoms with Crippen LogP contribution in [0.15, 0.2) is 47.5 Å². The molecule has 0 amide bonds. The van der Waals surface area contributed by atoms with Crippen LogP contribution < -0.4 is 15.4 Å². The van der Waals surface area contributed by atoms with E-state index in [1.54, 1.807) is 7.05 Å². The second-order valence-corrected chi connectivity index (χ2v) is 5.30. The van der Waals surface area contributed by atoms with E-state index in [0.29, 0.717) is 13.2 Å². The van der Waals surface area contributed by atoms with Crippen molar-refractivity contribution >= 4 is 40.7 Å². The summed E-state index contributed by atoms with van der Waals surface area (Å²) in [5, 5.41) is 8.84. The number of fused-ring (bicyclic) bond motifs is 1. The number of nitrogens with zero attached hydrogens (tertiary/aromatic N) is 1. The lowest BCUT2D eigenvalue weighted by molar-refractivity contribution is 0.145. The largest absolute Gasteiger partial charge is 0.491 e. The molecule has 0 heterocycles. The minimum atomic E-state index is 0. The molecule has 6 heteroatoms. The van der Waals surface area contributed by atoms with Crippen molar-refractivity contribution in [3.63, 3.8) is 0 Å². The second kappa shape index (κ2) is 12.8. The summed E-state index contributed by atoms with van der Waals surface area (Å²) < 4.78 is 11.2. The Hall–Kier alpha value is -1.54.